The Hall–Kier alpha value is -2.58. The van der Waals surface area contributed by atoms with Crippen LogP contribution < -0.4 is 10.6 Å². The normalized spacial score (nSPS) is 16.2. The van der Waals surface area contributed by atoms with Gasteiger partial charge in [0.2, 0.25) is 0 Å². The maximum Gasteiger partial charge on any atom is 0.411 e. The van der Waals surface area contributed by atoms with E-state index >= 15 is 0 Å². The minimum atomic E-state index is -4.30. The van der Waals surface area contributed by atoms with Gasteiger partial charge in [-0.2, -0.15) is 13.2 Å². The summed E-state index contributed by atoms with van der Waals surface area (Å²) in [4.78, 5) is 6.80. The maximum absolute atomic E-state index is 12.2. The van der Waals surface area contributed by atoms with E-state index in [1.807, 2.05) is 18.2 Å². The molecule has 0 radical (unpaired) electrons. The lowest BCUT2D eigenvalue weighted by Crippen LogP contribution is -2.48. The summed E-state index contributed by atoms with van der Waals surface area (Å²) in [5, 5.41) is 6.81. The third kappa shape index (κ3) is 8.51. The number of likely N-dealkylation sites (tertiary alicyclic amines) is 1. The molecule has 0 atom stereocenters. The number of benzene rings is 2. The molecule has 32 heavy (non-hydrogen) atoms. The molecule has 0 saturated carbocycles. The lowest BCUT2D eigenvalue weighted by atomic mass is 10.0. The fourth-order valence-electron chi connectivity index (χ4n) is 3.69. The summed E-state index contributed by atoms with van der Waals surface area (Å²) in [5.41, 5.74) is 3.07. The number of ether oxygens (including phenoxy) is 1. The summed E-state index contributed by atoms with van der Waals surface area (Å²) >= 11 is 0. The highest BCUT2D eigenvalue weighted by Crippen LogP contribution is 2.16. The lowest BCUT2D eigenvalue weighted by molar-refractivity contribution is -0.176. The molecule has 1 heterocycles. The minimum Gasteiger partial charge on any atom is -0.367 e. The molecule has 1 saturated heterocycles. The van der Waals surface area contributed by atoms with E-state index < -0.39 is 12.8 Å². The number of hydrogen-bond acceptors (Lipinski definition) is 3. The second-order valence-electron chi connectivity index (χ2n) is 8.03. The van der Waals surface area contributed by atoms with Gasteiger partial charge >= 0.3 is 6.18 Å². The van der Waals surface area contributed by atoms with E-state index in [9.17, 15) is 13.2 Å². The van der Waals surface area contributed by atoms with Crippen molar-refractivity contribution in [3.63, 3.8) is 0 Å². The number of alkyl halides is 3. The van der Waals surface area contributed by atoms with Gasteiger partial charge in [-0.25, -0.2) is 0 Å². The molecule has 3 rings (SSSR count). The Bertz CT molecular complexity index is 833. The van der Waals surface area contributed by atoms with Crippen molar-refractivity contribution in [1.29, 1.82) is 0 Å². The first-order valence-corrected chi connectivity index (χ1v) is 10.9. The van der Waals surface area contributed by atoms with Gasteiger partial charge in [-0.05, 0) is 29.5 Å². The molecule has 0 spiro atoms. The van der Waals surface area contributed by atoms with Crippen LogP contribution in [0.4, 0.5) is 13.2 Å². The predicted octanol–water partition coefficient (Wildman–Crippen LogP) is 4.10. The Morgan fingerprint density at radius 2 is 1.66 bits per heavy atom. The lowest BCUT2D eigenvalue weighted by Gasteiger charge is -2.33. The van der Waals surface area contributed by atoms with E-state index in [0.29, 0.717) is 18.2 Å². The van der Waals surface area contributed by atoms with Gasteiger partial charge in [0.15, 0.2) is 5.96 Å². The third-order valence-electron chi connectivity index (χ3n) is 5.42. The number of nitrogens with one attached hydrogen (secondary N) is 2. The van der Waals surface area contributed by atoms with Crippen molar-refractivity contribution in [2.45, 2.75) is 44.8 Å². The van der Waals surface area contributed by atoms with Gasteiger partial charge in [0.05, 0.1) is 6.61 Å². The fraction of sp³-hybridized carbons (Fsp3) is 0.458. The summed E-state index contributed by atoms with van der Waals surface area (Å²) < 4.78 is 41.2. The van der Waals surface area contributed by atoms with E-state index in [0.717, 1.165) is 44.0 Å². The molecular formula is C24H31F3N4O. The van der Waals surface area contributed by atoms with Crippen molar-refractivity contribution in [1.82, 2.24) is 15.5 Å². The largest absolute Gasteiger partial charge is 0.411 e. The molecule has 1 aliphatic rings. The average molecular weight is 449 g/mol. The Kier molecular flexibility index (Phi) is 8.93. The fourth-order valence-corrected chi connectivity index (χ4v) is 3.69. The van der Waals surface area contributed by atoms with Crippen molar-refractivity contribution >= 4 is 5.96 Å². The topological polar surface area (TPSA) is 48.9 Å². The number of halogens is 3. The second-order valence-corrected chi connectivity index (χ2v) is 8.03. The van der Waals surface area contributed by atoms with Crippen LogP contribution in [0.2, 0.25) is 0 Å². The number of piperidine rings is 1. The third-order valence-corrected chi connectivity index (χ3v) is 5.42. The van der Waals surface area contributed by atoms with Crippen LogP contribution >= 0.6 is 0 Å². The molecule has 0 unspecified atom stereocenters. The van der Waals surface area contributed by atoms with Crippen molar-refractivity contribution in [2.24, 2.45) is 4.99 Å². The first-order chi connectivity index (χ1) is 15.4. The van der Waals surface area contributed by atoms with Gasteiger partial charge in [0.1, 0.15) is 6.61 Å². The summed E-state index contributed by atoms with van der Waals surface area (Å²) in [6.07, 6.45) is -2.19. The van der Waals surface area contributed by atoms with Crippen molar-refractivity contribution in [2.75, 3.05) is 26.7 Å². The molecule has 0 amide bonds. The molecule has 0 aromatic heterocycles. The summed E-state index contributed by atoms with van der Waals surface area (Å²) in [5.74, 6) is 0.754. The van der Waals surface area contributed by atoms with Crippen molar-refractivity contribution in [3.8, 4) is 0 Å². The minimum absolute atomic E-state index is 0.0561. The van der Waals surface area contributed by atoms with Crippen LogP contribution in [0.1, 0.15) is 29.5 Å². The number of rotatable bonds is 8. The predicted molar refractivity (Wildman–Crippen MR) is 120 cm³/mol. The summed E-state index contributed by atoms with van der Waals surface area (Å²) in [6, 6.07) is 18.2. The second kappa shape index (κ2) is 11.9. The molecule has 2 N–H and O–H groups in total. The van der Waals surface area contributed by atoms with Crippen molar-refractivity contribution in [3.05, 3.63) is 71.3 Å². The highest BCUT2D eigenvalue weighted by molar-refractivity contribution is 5.79. The van der Waals surface area contributed by atoms with Gasteiger partial charge in [-0.15, -0.1) is 0 Å². The standard InChI is InChI=1S/C24H31F3N4O/c1-28-23(29-15-19-7-9-21(10-8-19)17-32-18-24(25,26)27)30-22-11-13-31(14-12-22)16-20-5-3-2-4-6-20/h2-10,22H,11-18H2,1H3,(H2,28,29,30). The Labute approximate surface area is 187 Å². The van der Waals surface area contributed by atoms with Crippen LogP contribution in [0.25, 0.3) is 0 Å². The molecular weight excluding hydrogens is 417 g/mol. The van der Waals surface area contributed by atoms with E-state index in [2.05, 4.69) is 44.8 Å². The molecule has 174 valence electrons. The monoisotopic (exact) mass is 448 g/mol. The molecule has 0 bridgehead atoms. The smallest absolute Gasteiger partial charge is 0.367 e. The van der Waals surface area contributed by atoms with E-state index in [1.54, 1.807) is 19.2 Å². The van der Waals surface area contributed by atoms with Crippen LogP contribution in [0.15, 0.2) is 59.6 Å². The zero-order valence-corrected chi connectivity index (χ0v) is 18.4. The van der Waals surface area contributed by atoms with Gasteiger partial charge < -0.3 is 15.4 Å². The zero-order chi connectivity index (χ0) is 22.8. The number of hydrogen-bond donors (Lipinski definition) is 2. The Balaban J connectivity index is 1.37. The van der Waals surface area contributed by atoms with Crippen LogP contribution in [0.5, 0.6) is 0 Å². The zero-order valence-electron chi connectivity index (χ0n) is 18.4. The number of aliphatic imine (C=N–C) groups is 1. The van der Waals surface area contributed by atoms with E-state index in [4.69, 9.17) is 4.74 Å². The number of nitrogens with zero attached hydrogens (tertiary/aromatic N) is 2. The first-order valence-electron chi connectivity index (χ1n) is 10.9. The quantitative estimate of drug-likeness (QED) is 0.472. The average Bonchev–Trinajstić information content (AvgIpc) is 2.78. The van der Waals surface area contributed by atoms with Crippen LogP contribution in [-0.4, -0.2) is 49.8 Å². The SMILES string of the molecule is CN=C(NCc1ccc(COCC(F)(F)F)cc1)NC1CCN(Cc2ccccc2)CC1. The Morgan fingerprint density at radius 1 is 1.00 bits per heavy atom. The molecule has 1 fully saturated rings. The van der Waals surface area contributed by atoms with Crippen LogP contribution in [0, 0.1) is 0 Å². The van der Waals surface area contributed by atoms with Gasteiger partial charge in [0.25, 0.3) is 0 Å². The Morgan fingerprint density at radius 3 is 2.28 bits per heavy atom. The van der Waals surface area contributed by atoms with E-state index in [1.165, 1.54) is 5.56 Å². The molecule has 8 heteroatoms. The van der Waals surface area contributed by atoms with Crippen LogP contribution in [-0.2, 0) is 24.4 Å². The summed E-state index contributed by atoms with van der Waals surface area (Å²) in [7, 11) is 1.75. The van der Waals surface area contributed by atoms with Gasteiger partial charge in [-0.3, -0.25) is 9.89 Å². The van der Waals surface area contributed by atoms with E-state index in [-0.39, 0.29) is 6.61 Å². The molecule has 0 aliphatic carbocycles. The van der Waals surface area contributed by atoms with Gasteiger partial charge in [0, 0.05) is 39.3 Å². The molecule has 2 aromatic carbocycles. The highest BCUT2D eigenvalue weighted by Gasteiger charge is 2.27. The molecule has 5 nitrogen and oxygen atoms in total. The number of guanidine groups is 1. The maximum atomic E-state index is 12.2. The van der Waals surface area contributed by atoms with Gasteiger partial charge in [-0.1, -0.05) is 54.6 Å². The summed E-state index contributed by atoms with van der Waals surface area (Å²) in [6.45, 7) is 2.36. The molecule has 1 aliphatic heterocycles. The van der Waals surface area contributed by atoms with Crippen LogP contribution in [0.3, 0.4) is 0 Å². The van der Waals surface area contributed by atoms with Crippen molar-refractivity contribution < 1.29 is 17.9 Å². The highest BCUT2D eigenvalue weighted by atomic mass is 19.4. The first kappa shape index (κ1) is 24.1. The molecule has 2 aromatic rings.